The topological polar surface area (TPSA) is 94.1 Å². The van der Waals surface area contributed by atoms with Crippen molar-refractivity contribution in [2.75, 3.05) is 31.2 Å². The summed E-state index contributed by atoms with van der Waals surface area (Å²) in [6.07, 6.45) is -0.155. The van der Waals surface area contributed by atoms with Crippen molar-refractivity contribution in [1.82, 2.24) is 25.1 Å². The number of aromatic amines is 1. The first-order chi connectivity index (χ1) is 26.6. The van der Waals surface area contributed by atoms with Crippen molar-refractivity contribution in [2.45, 2.75) is 71.4 Å². The lowest BCUT2D eigenvalue weighted by Gasteiger charge is -2.34. The van der Waals surface area contributed by atoms with E-state index in [0.717, 1.165) is 23.1 Å². The molecule has 0 saturated heterocycles. The van der Waals surface area contributed by atoms with Crippen LogP contribution in [0.1, 0.15) is 69.5 Å². The highest BCUT2D eigenvalue weighted by molar-refractivity contribution is 7.99. The summed E-state index contributed by atoms with van der Waals surface area (Å²) in [4.78, 5) is 20.6. The molecule has 0 fully saturated rings. The van der Waals surface area contributed by atoms with Gasteiger partial charge in [-0.2, -0.15) is 30.0 Å². The van der Waals surface area contributed by atoms with E-state index in [0.29, 0.717) is 48.1 Å². The number of nitrogens with zero attached hydrogens (tertiary/aromatic N) is 3. The zero-order valence-electron chi connectivity index (χ0n) is 32.3. The number of aromatic nitrogens is 4. The molecule has 5 aromatic rings. The molecule has 2 atom stereocenters. The van der Waals surface area contributed by atoms with Crippen LogP contribution < -0.4 is 10.1 Å². The number of benzene rings is 3. The van der Waals surface area contributed by atoms with Gasteiger partial charge in [-0.3, -0.25) is 4.79 Å². The molecule has 300 valence electrons. The average Bonchev–Trinajstić information content (AvgIpc) is 3.77. The van der Waals surface area contributed by atoms with Gasteiger partial charge in [-0.05, 0) is 84.9 Å². The average molecular weight is 798 g/mol. The van der Waals surface area contributed by atoms with E-state index in [1.807, 2.05) is 30.3 Å². The second-order valence-corrected chi connectivity index (χ2v) is 16.5. The molecule has 0 amide bonds. The minimum atomic E-state index is -4.48. The fraction of sp³-hybridized carbons (Fsp3) is 0.452. The Morgan fingerprint density at radius 3 is 2.68 bits per heavy atom. The van der Waals surface area contributed by atoms with Crippen LogP contribution >= 0.6 is 11.8 Å². The summed E-state index contributed by atoms with van der Waals surface area (Å²) in [6, 6.07) is 14.8. The summed E-state index contributed by atoms with van der Waals surface area (Å²) in [5, 5.41) is 8.30. The second-order valence-electron chi connectivity index (χ2n) is 15.4. The number of hydrogen-bond donors (Lipinski definition) is 2. The van der Waals surface area contributed by atoms with Gasteiger partial charge in [0.1, 0.15) is 11.6 Å². The molecule has 56 heavy (non-hydrogen) atoms. The van der Waals surface area contributed by atoms with Gasteiger partial charge in [0.05, 0.1) is 30.0 Å². The normalized spacial score (nSPS) is 18.4. The minimum absolute atomic E-state index is 0.0281. The second kappa shape index (κ2) is 17.0. The Morgan fingerprint density at radius 2 is 1.91 bits per heavy atom. The fourth-order valence-corrected chi connectivity index (χ4v) is 8.70. The molecule has 1 aliphatic rings. The number of halogens is 5. The number of aryl methyl sites for hydroxylation is 2. The van der Waals surface area contributed by atoms with Gasteiger partial charge in [-0.1, -0.05) is 51.5 Å². The molecule has 3 aromatic carbocycles. The Kier molecular flexibility index (Phi) is 12.5. The zero-order valence-corrected chi connectivity index (χ0v) is 33.1. The number of hydrogen-bond acceptors (Lipinski definition) is 7. The van der Waals surface area contributed by atoms with Gasteiger partial charge in [0.15, 0.2) is 23.2 Å². The molecule has 3 heterocycles. The molecule has 0 saturated carbocycles. The predicted octanol–water partition coefficient (Wildman–Crippen LogP) is 9.70. The molecule has 2 N–H and O–H groups in total. The number of nitrogens with one attached hydrogen (secondary N) is 2. The Hall–Kier alpha value is -4.43. The summed E-state index contributed by atoms with van der Waals surface area (Å²) >= 11 is 1.74. The zero-order chi connectivity index (χ0) is 40.3. The lowest BCUT2D eigenvalue weighted by Crippen LogP contribution is -2.43. The molecule has 8 nitrogen and oxygen atoms in total. The van der Waals surface area contributed by atoms with E-state index in [1.165, 1.54) is 28.9 Å². The Labute approximate surface area is 328 Å². The van der Waals surface area contributed by atoms with Crippen LogP contribution in [0.2, 0.25) is 0 Å². The molecule has 4 bridgehead atoms. The summed E-state index contributed by atoms with van der Waals surface area (Å²) in [5.74, 6) is 0.0327. The maximum atomic E-state index is 15.8. The first-order valence-corrected chi connectivity index (χ1v) is 20.0. The van der Waals surface area contributed by atoms with E-state index in [2.05, 4.69) is 24.1 Å². The van der Waals surface area contributed by atoms with E-state index in [9.17, 15) is 18.0 Å². The Morgan fingerprint density at radius 1 is 1.11 bits per heavy atom. The van der Waals surface area contributed by atoms with Crippen LogP contribution in [0.5, 0.6) is 11.5 Å². The van der Waals surface area contributed by atoms with Crippen LogP contribution in [0.25, 0.3) is 22.3 Å². The molecule has 0 spiro atoms. The lowest BCUT2D eigenvalue weighted by molar-refractivity contribution is -0.147. The number of ether oxygens (including phenoxy) is 2. The van der Waals surface area contributed by atoms with Crippen LogP contribution in [0.15, 0.2) is 60.8 Å². The van der Waals surface area contributed by atoms with Crippen LogP contribution in [-0.4, -0.2) is 63.1 Å². The monoisotopic (exact) mass is 797 g/mol. The maximum Gasteiger partial charge on any atom is 0.401 e. The van der Waals surface area contributed by atoms with E-state index >= 15 is 8.78 Å². The highest BCUT2D eigenvalue weighted by Gasteiger charge is 2.41. The Bertz CT molecular complexity index is 2170. The van der Waals surface area contributed by atoms with E-state index in [1.54, 1.807) is 38.9 Å². The van der Waals surface area contributed by atoms with Crippen molar-refractivity contribution >= 4 is 28.6 Å². The molecule has 0 radical (unpaired) electrons. The number of thioether (sulfide) groups is 1. The molecule has 14 heteroatoms. The van der Waals surface area contributed by atoms with Gasteiger partial charge in [-0.25, -0.2) is 18.4 Å². The third kappa shape index (κ3) is 9.39. The third-order valence-corrected chi connectivity index (χ3v) is 11.8. The molecule has 2 unspecified atom stereocenters. The van der Waals surface area contributed by atoms with Crippen molar-refractivity contribution < 1.29 is 36.2 Å². The molecule has 6 rings (SSSR count). The van der Waals surface area contributed by atoms with Crippen molar-refractivity contribution in [3.63, 3.8) is 0 Å². The van der Waals surface area contributed by atoms with E-state index in [-0.39, 0.29) is 53.2 Å². The summed E-state index contributed by atoms with van der Waals surface area (Å²) in [5.41, 5.74) is 1.47. The fourth-order valence-electron chi connectivity index (χ4n) is 7.51. The number of fused-ring (bicyclic) bond motifs is 8. The number of esters is 1. The number of carbonyl (C=O) groups is 1. The van der Waals surface area contributed by atoms with Crippen LogP contribution in [0.3, 0.4) is 0 Å². The number of alkyl halides is 3. The van der Waals surface area contributed by atoms with Crippen molar-refractivity contribution in [1.29, 1.82) is 0 Å². The van der Waals surface area contributed by atoms with Gasteiger partial charge >= 0.3 is 12.1 Å². The number of H-pyrrole nitrogens is 1. The molecule has 0 aliphatic carbocycles. The molecular formula is C42H48F5N5O3S. The van der Waals surface area contributed by atoms with Gasteiger partial charge in [0, 0.05) is 42.3 Å². The maximum absolute atomic E-state index is 15.8. The highest BCUT2D eigenvalue weighted by Crippen LogP contribution is 2.42. The summed E-state index contributed by atoms with van der Waals surface area (Å²) < 4.78 is 85.6. The smallest absolute Gasteiger partial charge is 0.401 e. The standard InChI is InChI=1S/C42H48F5N5O3S/c1-6-54-38(53)26(2)19-27-9-7-10-28(20-27)41(23-48-24-42(45,46)47)16-8-15-40(3,4)25-56-18-14-31-30-13-17-49-35(30)22-34(44)36(31)55-29-11-12-33(43)32(21-29)37-50-39(41)51-52(37)5/h7,9-13,17,20-22,26,48-49H,6,8,14-16,18-19,23-25H2,1-5H3. The summed E-state index contributed by atoms with van der Waals surface area (Å²) in [6.45, 7) is 6.67. The quantitative estimate of drug-likeness (QED) is 0.119. The molecule has 2 aromatic heterocycles. The van der Waals surface area contributed by atoms with Crippen LogP contribution in [0.4, 0.5) is 22.0 Å². The first kappa shape index (κ1) is 41.2. The predicted molar refractivity (Wildman–Crippen MR) is 209 cm³/mol. The van der Waals surface area contributed by atoms with Crippen molar-refractivity contribution in [2.24, 2.45) is 18.4 Å². The lowest BCUT2D eigenvalue weighted by atomic mass is 9.73. The SMILES string of the molecule is CCOC(=O)C(C)Cc1cccc(C2(CNCC(F)(F)F)CCCC(C)(C)CSCCc3c(c(F)cc4[nH]ccc34)Oc3ccc(F)c(c3)-c3nc2nn3C)c1. The largest absolute Gasteiger partial charge is 0.466 e. The van der Waals surface area contributed by atoms with E-state index < -0.39 is 35.7 Å². The van der Waals surface area contributed by atoms with Gasteiger partial charge in [-0.15, -0.1) is 0 Å². The van der Waals surface area contributed by atoms with Crippen molar-refractivity contribution in [3.05, 3.63) is 94.9 Å². The Balaban J connectivity index is 1.50. The summed E-state index contributed by atoms with van der Waals surface area (Å²) in [7, 11) is 1.60. The van der Waals surface area contributed by atoms with Crippen LogP contribution in [-0.2, 0) is 34.8 Å². The third-order valence-electron chi connectivity index (χ3n) is 10.4. The molecular weight excluding hydrogens is 750 g/mol. The molecule has 1 aliphatic heterocycles. The van der Waals surface area contributed by atoms with Gasteiger partial charge < -0.3 is 19.8 Å². The van der Waals surface area contributed by atoms with Gasteiger partial charge in [0.2, 0.25) is 0 Å². The number of carbonyl (C=O) groups excluding carboxylic acids is 1. The first-order valence-electron chi connectivity index (χ1n) is 18.9. The number of rotatable bonds is 8. The van der Waals surface area contributed by atoms with E-state index in [4.69, 9.17) is 19.6 Å². The van der Waals surface area contributed by atoms with Crippen LogP contribution in [0, 0.1) is 23.0 Å². The highest BCUT2D eigenvalue weighted by atomic mass is 32.2. The minimum Gasteiger partial charge on any atom is -0.466 e. The van der Waals surface area contributed by atoms with Gasteiger partial charge in [0.25, 0.3) is 0 Å². The van der Waals surface area contributed by atoms with Crippen molar-refractivity contribution in [3.8, 4) is 22.9 Å².